The number of hydrogen-bond donors (Lipinski definition) is 1. The van der Waals surface area contributed by atoms with Crippen molar-refractivity contribution in [3.8, 4) is 0 Å². The third kappa shape index (κ3) is 4.87. The average Bonchev–Trinajstić information content (AvgIpc) is 2.59. The Labute approximate surface area is 165 Å². The normalized spacial score (nSPS) is 13.0. The van der Waals surface area contributed by atoms with Gasteiger partial charge in [-0.25, -0.2) is 9.18 Å². The first-order chi connectivity index (χ1) is 12.2. The molecule has 0 saturated carbocycles. The SMILES string of the molecule is CC(OC(=O)c1c(Cl)ccc(Cl)c1Cl)C(=O)NC(C)c1ccc(F)cc1. The van der Waals surface area contributed by atoms with Gasteiger partial charge < -0.3 is 10.1 Å². The summed E-state index contributed by atoms with van der Waals surface area (Å²) in [5.74, 6) is -1.76. The lowest BCUT2D eigenvalue weighted by atomic mass is 10.1. The fourth-order valence-electron chi connectivity index (χ4n) is 2.15. The summed E-state index contributed by atoms with van der Waals surface area (Å²) in [5.41, 5.74) is 0.603. The van der Waals surface area contributed by atoms with Crippen LogP contribution in [0.5, 0.6) is 0 Å². The zero-order chi connectivity index (χ0) is 19.4. The van der Waals surface area contributed by atoms with Gasteiger partial charge in [0.15, 0.2) is 6.10 Å². The topological polar surface area (TPSA) is 55.4 Å². The van der Waals surface area contributed by atoms with Gasteiger partial charge in [-0.15, -0.1) is 0 Å². The quantitative estimate of drug-likeness (QED) is 0.536. The van der Waals surface area contributed by atoms with Crippen LogP contribution in [-0.2, 0) is 9.53 Å². The van der Waals surface area contributed by atoms with Crippen LogP contribution < -0.4 is 5.32 Å². The molecule has 2 rings (SSSR count). The van der Waals surface area contributed by atoms with E-state index in [1.165, 1.54) is 31.2 Å². The first-order valence-corrected chi connectivity index (χ1v) is 8.74. The summed E-state index contributed by atoms with van der Waals surface area (Å²) in [7, 11) is 0. The van der Waals surface area contributed by atoms with Crippen LogP contribution in [0.25, 0.3) is 0 Å². The highest BCUT2D eigenvalue weighted by Crippen LogP contribution is 2.32. The highest BCUT2D eigenvalue weighted by Gasteiger charge is 2.24. The van der Waals surface area contributed by atoms with Gasteiger partial charge in [-0.2, -0.15) is 0 Å². The molecule has 138 valence electrons. The first kappa shape index (κ1) is 20.5. The molecule has 0 saturated heterocycles. The average molecular weight is 419 g/mol. The van der Waals surface area contributed by atoms with Crippen LogP contribution in [-0.4, -0.2) is 18.0 Å². The molecule has 2 aromatic carbocycles. The molecule has 4 nitrogen and oxygen atoms in total. The van der Waals surface area contributed by atoms with E-state index in [4.69, 9.17) is 39.5 Å². The van der Waals surface area contributed by atoms with Crippen molar-refractivity contribution in [1.82, 2.24) is 5.32 Å². The molecule has 0 heterocycles. The van der Waals surface area contributed by atoms with Gasteiger partial charge in [0, 0.05) is 0 Å². The van der Waals surface area contributed by atoms with Gasteiger partial charge in [-0.05, 0) is 43.7 Å². The molecule has 0 aliphatic heterocycles. The third-order valence-electron chi connectivity index (χ3n) is 3.63. The molecule has 0 spiro atoms. The van der Waals surface area contributed by atoms with Crippen molar-refractivity contribution in [2.24, 2.45) is 0 Å². The Hall–Kier alpha value is -1.82. The number of hydrogen-bond acceptors (Lipinski definition) is 3. The van der Waals surface area contributed by atoms with Gasteiger partial charge >= 0.3 is 5.97 Å². The van der Waals surface area contributed by atoms with Gasteiger partial charge in [0.25, 0.3) is 5.91 Å². The Balaban J connectivity index is 2.04. The highest BCUT2D eigenvalue weighted by atomic mass is 35.5. The number of carbonyl (C=O) groups excluding carboxylic acids is 2. The molecule has 1 N–H and O–H groups in total. The van der Waals surface area contributed by atoms with Crippen LogP contribution in [0.2, 0.25) is 15.1 Å². The summed E-state index contributed by atoms with van der Waals surface area (Å²) < 4.78 is 18.1. The van der Waals surface area contributed by atoms with Crippen LogP contribution in [0.1, 0.15) is 35.8 Å². The molecular formula is C18H15Cl3FNO3. The number of carbonyl (C=O) groups is 2. The maximum Gasteiger partial charge on any atom is 0.342 e. The van der Waals surface area contributed by atoms with Crippen molar-refractivity contribution in [3.63, 3.8) is 0 Å². The highest BCUT2D eigenvalue weighted by molar-refractivity contribution is 6.46. The van der Waals surface area contributed by atoms with E-state index >= 15 is 0 Å². The van der Waals surface area contributed by atoms with E-state index in [-0.39, 0.29) is 26.4 Å². The fraction of sp³-hybridized carbons (Fsp3) is 0.222. The summed E-state index contributed by atoms with van der Waals surface area (Å²) in [6.07, 6.45) is -1.10. The minimum atomic E-state index is -1.10. The monoisotopic (exact) mass is 417 g/mol. The summed E-state index contributed by atoms with van der Waals surface area (Å²) in [6, 6.07) is 8.17. The number of esters is 1. The van der Waals surface area contributed by atoms with Gasteiger partial charge in [-0.1, -0.05) is 46.9 Å². The van der Waals surface area contributed by atoms with Crippen molar-refractivity contribution >= 4 is 46.7 Å². The lowest BCUT2D eigenvalue weighted by molar-refractivity contribution is -0.129. The van der Waals surface area contributed by atoms with Crippen LogP contribution in [0.15, 0.2) is 36.4 Å². The fourth-order valence-corrected chi connectivity index (χ4v) is 2.84. The van der Waals surface area contributed by atoms with Crippen molar-refractivity contribution < 1.29 is 18.7 Å². The number of halogens is 4. The number of rotatable bonds is 5. The number of nitrogens with one attached hydrogen (secondary N) is 1. The minimum Gasteiger partial charge on any atom is -0.449 e. The maximum absolute atomic E-state index is 13.0. The van der Waals surface area contributed by atoms with E-state index in [0.29, 0.717) is 5.56 Å². The lowest BCUT2D eigenvalue weighted by Gasteiger charge is -2.19. The molecule has 0 fully saturated rings. The van der Waals surface area contributed by atoms with Crippen LogP contribution >= 0.6 is 34.8 Å². The zero-order valence-electron chi connectivity index (χ0n) is 13.9. The molecule has 0 aliphatic carbocycles. The van der Waals surface area contributed by atoms with Crippen molar-refractivity contribution in [3.05, 3.63) is 68.4 Å². The second kappa shape index (κ2) is 8.71. The first-order valence-electron chi connectivity index (χ1n) is 7.61. The van der Waals surface area contributed by atoms with Crippen molar-refractivity contribution in [2.75, 3.05) is 0 Å². The molecule has 0 aromatic heterocycles. The van der Waals surface area contributed by atoms with E-state index in [1.54, 1.807) is 19.1 Å². The Morgan fingerprint density at radius 1 is 1.00 bits per heavy atom. The van der Waals surface area contributed by atoms with Crippen LogP contribution in [0.3, 0.4) is 0 Å². The summed E-state index contributed by atoms with van der Waals surface area (Å²) in [6.45, 7) is 3.14. The second-order valence-corrected chi connectivity index (χ2v) is 6.74. The van der Waals surface area contributed by atoms with Gasteiger partial charge in [0.05, 0.1) is 26.7 Å². The Bertz CT molecular complexity index is 827. The molecule has 0 aliphatic rings. The van der Waals surface area contributed by atoms with Crippen molar-refractivity contribution in [1.29, 1.82) is 0 Å². The number of ether oxygens (including phenoxy) is 1. The molecule has 1 amide bonds. The number of amides is 1. The van der Waals surface area contributed by atoms with Crippen molar-refractivity contribution in [2.45, 2.75) is 26.0 Å². The molecule has 2 atom stereocenters. The minimum absolute atomic E-state index is 0.0449. The molecule has 8 heteroatoms. The Kier molecular flexibility index (Phi) is 6.87. The molecular weight excluding hydrogens is 404 g/mol. The smallest absolute Gasteiger partial charge is 0.342 e. The third-order valence-corrected chi connectivity index (χ3v) is 4.75. The predicted molar refractivity (Wildman–Crippen MR) is 99.3 cm³/mol. The van der Waals surface area contributed by atoms with E-state index in [2.05, 4.69) is 5.32 Å². The maximum atomic E-state index is 13.0. The van der Waals surface area contributed by atoms with Gasteiger partial charge in [0.1, 0.15) is 5.82 Å². The zero-order valence-corrected chi connectivity index (χ0v) is 16.1. The standard InChI is InChI=1S/C18H15Cl3FNO3/c1-9(11-3-5-12(22)6-4-11)23-17(24)10(2)26-18(25)15-13(19)7-8-14(20)16(15)21/h3-10H,1-2H3,(H,23,24). The predicted octanol–water partition coefficient (Wildman–Crippen LogP) is 5.21. The van der Waals surface area contributed by atoms with E-state index in [9.17, 15) is 14.0 Å². The van der Waals surface area contributed by atoms with E-state index < -0.39 is 24.0 Å². The second-order valence-electron chi connectivity index (χ2n) is 5.55. The Morgan fingerprint density at radius 2 is 1.58 bits per heavy atom. The van der Waals surface area contributed by atoms with Gasteiger partial charge in [0.2, 0.25) is 0 Å². The van der Waals surface area contributed by atoms with Crippen LogP contribution in [0.4, 0.5) is 4.39 Å². The molecule has 0 radical (unpaired) electrons. The molecule has 0 bridgehead atoms. The van der Waals surface area contributed by atoms with Crippen LogP contribution in [0, 0.1) is 5.82 Å². The van der Waals surface area contributed by atoms with E-state index in [0.717, 1.165) is 0 Å². The molecule has 2 unspecified atom stereocenters. The summed E-state index contributed by atoms with van der Waals surface area (Å²) >= 11 is 17.8. The lowest BCUT2D eigenvalue weighted by Crippen LogP contribution is -2.37. The largest absolute Gasteiger partial charge is 0.449 e. The molecule has 2 aromatic rings. The molecule has 26 heavy (non-hydrogen) atoms. The van der Waals surface area contributed by atoms with Gasteiger partial charge in [-0.3, -0.25) is 4.79 Å². The summed E-state index contributed by atoms with van der Waals surface area (Å²) in [5, 5.41) is 2.85. The Morgan fingerprint density at radius 3 is 2.19 bits per heavy atom. The number of benzene rings is 2. The summed E-state index contributed by atoms with van der Waals surface area (Å²) in [4.78, 5) is 24.5. The van der Waals surface area contributed by atoms with E-state index in [1.807, 2.05) is 0 Å².